The van der Waals surface area contributed by atoms with Crippen LogP contribution in [0.4, 0.5) is 5.82 Å². The maximum absolute atomic E-state index is 9.05. The summed E-state index contributed by atoms with van der Waals surface area (Å²) in [6.07, 6.45) is 0. The summed E-state index contributed by atoms with van der Waals surface area (Å²) in [5, 5.41) is 18.0. The van der Waals surface area contributed by atoms with Gasteiger partial charge < -0.3 is 10.0 Å². The lowest BCUT2D eigenvalue weighted by Gasteiger charge is -2.17. The molecule has 5 heteroatoms. The third kappa shape index (κ3) is 2.17. The largest absolute Gasteiger partial charge is 0.395 e. The van der Waals surface area contributed by atoms with Crippen LogP contribution >= 0.6 is 0 Å². The molecule has 2 rings (SSSR count). The number of aliphatic hydroxyl groups is 1. The molecule has 2 aromatic rings. The second-order valence-corrected chi connectivity index (χ2v) is 3.64. The molecule has 0 spiro atoms. The fourth-order valence-corrected chi connectivity index (χ4v) is 1.59. The quantitative estimate of drug-likeness (QED) is 0.846. The molecule has 1 heterocycles. The number of nitrogens with zero attached hydrogens (tertiary/aromatic N) is 4. The van der Waals surface area contributed by atoms with Crippen LogP contribution in [0, 0.1) is 11.3 Å². The molecule has 0 saturated heterocycles. The monoisotopic (exact) mass is 228 g/mol. The highest BCUT2D eigenvalue weighted by atomic mass is 16.3. The number of hydrogen-bond acceptors (Lipinski definition) is 5. The maximum Gasteiger partial charge on any atom is 0.183 e. The van der Waals surface area contributed by atoms with E-state index in [0.29, 0.717) is 17.9 Å². The third-order valence-electron chi connectivity index (χ3n) is 2.46. The minimum absolute atomic E-state index is 0.00980. The van der Waals surface area contributed by atoms with Crippen molar-refractivity contribution in [2.75, 3.05) is 25.1 Å². The standard InChI is InChI=1S/C12H12N4O/c1-16(6-7-17)12-11(8-13)14-9-4-2-3-5-10(9)15-12/h2-5,17H,6-7H2,1H3. The Morgan fingerprint density at radius 1 is 1.29 bits per heavy atom. The van der Waals surface area contributed by atoms with Gasteiger partial charge in [0.1, 0.15) is 6.07 Å². The van der Waals surface area contributed by atoms with E-state index in [1.807, 2.05) is 30.3 Å². The Balaban J connectivity index is 2.57. The second kappa shape index (κ2) is 4.76. The van der Waals surface area contributed by atoms with Crippen LogP contribution in [0.3, 0.4) is 0 Å². The molecule has 0 atom stereocenters. The van der Waals surface area contributed by atoms with Crippen molar-refractivity contribution in [1.29, 1.82) is 5.26 Å². The number of likely N-dealkylation sites (N-methyl/N-ethyl adjacent to an activating group) is 1. The predicted octanol–water partition coefficient (Wildman–Crippen LogP) is 0.930. The molecule has 0 fully saturated rings. The van der Waals surface area contributed by atoms with Gasteiger partial charge in [0.2, 0.25) is 0 Å². The lowest BCUT2D eigenvalue weighted by Crippen LogP contribution is -2.23. The van der Waals surface area contributed by atoms with E-state index in [-0.39, 0.29) is 12.3 Å². The molecule has 17 heavy (non-hydrogen) atoms. The van der Waals surface area contributed by atoms with Crippen molar-refractivity contribution >= 4 is 16.9 Å². The summed E-state index contributed by atoms with van der Waals surface area (Å²) in [6, 6.07) is 9.43. The van der Waals surface area contributed by atoms with Gasteiger partial charge in [-0.3, -0.25) is 0 Å². The van der Waals surface area contributed by atoms with E-state index < -0.39 is 0 Å². The smallest absolute Gasteiger partial charge is 0.183 e. The van der Waals surface area contributed by atoms with E-state index in [4.69, 9.17) is 10.4 Å². The van der Waals surface area contributed by atoms with E-state index in [1.54, 1.807) is 11.9 Å². The van der Waals surface area contributed by atoms with Gasteiger partial charge in [-0.05, 0) is 12.1 Å². The van der Waals surface area contributed by atoms with Gasteiger partial charge in [-0.15, -0.1) is 0 Å². The van der Waals surface area contributed by atoms with Gasteiger partial charge in [-0.1, -0.05) is 12.1 Å². The van der Waals surface area contributed by atoms with Gasteiger partial charge >= 0.3 is 0 Å². The number of aromatic nitrogens is 2. The Kier molecular flexibility index (Phi) is 3.17. The Morgan fingerprint density at radius 3 is 2.53 bits per heavy atom. The van der Waals surface area contributed by atoms with Crippen LogP contribution in [0.5, 0.6) is 0 Å². The zero-order chi connectivity index (χ0) is 12.3. The van der Waals surface area contributed by atoms with E-state index >= 15 is 0 Å². The Hall–Kier alpha value is -2.19. The molecule has 0 saturated carbocycles. The highest BCUT2D eigenvalue weighted by Gasteiger charge is 2.11. The number of hydrogen-bond donors (Lipinski definition) is 1. The van der Waals surface area contributed by atoms with Gasteiger partial charge in [-0.2, -0.15) is 5.26 Å². The van der Waals surface area contributed by atoms with Gasteiger partial charge in [0.25, 0.3) is 0 Å². The minimum atomic E-state index is 0.00980. The third-order valence-corrected chi connectivity index (χ3v) is 2.46. The molecule has 5 nitrogen and oxygen atoms in total. The normalized spacial score (nSPS) is 10.2. The number of benzene rings is 1. The van der Waals surface area contributed by atoms with Crippen LogP contribution in [-0.4, -0.2) is 35.3 Å². The summed E-state index contributed by atoms with van der Waals surface area (Å²) in [5.41, 5.74) is 1.72. The van der Waals surface area contributed by atoms with E-state index in [0.717, 1.165) is 5.52 Å². The average Bonchev–Trinajstić information content (AvgIpc) is 2.37. The van der Waals surface area contributed by atoms with Crippen LogP contribution in [0.25, 0.3) is 11.0 Å². The topological polar surface area (TPSA) is 73.0 Å². The fraction of sp³-hybridized carbons (Fsp3) is 0.250. The van der Waals surface area contributed by atoms with Crippen molar-refractivity contribution in [2.45, 2.75) is 0 Å². The lowest BCUT2D eigenvalue weighted by molar-refractivity contribution is 0.304. The first-order valence-electron chi connectivity index (χ1n) is 5.25. The molecule has 0 aliphatic carbocycles. The molecule has 1 N–H and O–H groups in total. The van der Waals surface area contributed by atoms with E-state index in [9.17, 15) is 0 Å². The van der Waals surface area contributed by atoms with Crippen molar-refractivity contribution in [1.82, 2.24) is 9.97 Å². The molecule has 0 bridgehead atoms. The van der Waals surface area contributed by atoms with Gasteiger partial charge in [0.05, 0.1) is 17.6 Å². The first-order chi connectivity index (χ1) is 8.26. The average molecular weight is 228 g/mol. The van der Waals surface area contributed by atoms with E-state index in [1.165, 1.54) is 0 Å². The number of para-hydroxylation sites is 2. The molecule has 0 aliphatic rings. The molecule has 0 aliphatic heterocycles. The maximum atomic E-state index is 9.05. The van der Waals surface area contributed by atoms with Crippen molar-refractivity contribution in [3.05, 3.63) is 30.0 Å². The van der Waals surface area contributed by atoms with Crippen molar-refractivity contribution < 1.29 is 5.11 Å². The van der Waals surface area contributed by atoms with Crippen LogP contribution in [0.2, 0.25) is 0 Å². The first-order valence-corrected chi connectivity index (χ1v) is 5.25. The van der Waals surface area contributed by atoms with Crippen LogP contribution < -0.4 is 4.90 Å². The Morgan fingerprint density at radius 2 is 1.94 bits per heavy atom. The van der Waals surface area contributed by atoms with Crippen molar-refractivity contribution in [3.63, 3.8) is 0 Å². The minimum Gasteiger partial charge on any atom is -0.395 e. The molecule has 0 unspecified atom stereocenters. The zero-order valence-corrected chi connectivity index (χ0v) is 9.46. The summed E-state index contributed by atoms with van der Waals surface area (Å²) in [7, 11) is 1.77. The lowest BCUT2D eigenvalue weighted by atomic mass is 10.3. The number of aliphatic hydroxyl groups excluding tert-OH is 1. The summed E-state index contributed by atoms with van der Waals surface area (Å²) in [6.45, 7) is 0.428. The fourth-order valence-electron chi connectivity index (χ4n) is 1.59. The SMILES string of the molecule is CN(CCO)c1nc2ccccc2nc1C#N. The van der Waals surface area contributed by atoms with Crippen molar-refractivity contribution in [3.8, 4) is 6.07 Å². The molecule has 1 aromatic carbocycles. The Labute approximate surface area is 99.0 Å². The summed E-state index contributed by atoms with van der Waals surface area (Å²) >= 11 is 0. The molecule has 0 radical (unpaired) electrons. The molecule has 0 amide bonds. The highest BCUT2D eigenvalue weighted by molar-refractivity contribution is 5.77. The predicted molar refractivity (Wildman–Crippen MR) is 64.6 cm³/mol. The summed E-state index contributed by atoms with van der Waals surface area (Å²) in [4.78, 5) is 10.4. The van der Waals surface area contributed by atoms with Gasteiger partial charge in [0.15, 0.2) is 11.5 Å². The Bertz CT molecular complexity index is 576. The number of rotatable bonds is 3. The number of fused-ring (bicyclic) bond motifs is 1. The number of nitriles is 1. The van der Waals surface area contributed by atoms with Gasteiger partial charge in [-0.25, -0.2) is 9.97 Å². The number of anilines is 1. The highest BCUT2D eigenvalue weighted by Crippen LogP contribution is 2.18. The second-order valence-electron chi connectivity index (χ2n) is 3.64. The molecular formula is C12H12N4O. The van der Waals surface area contributed by atoms with Crippen LogP contribution in [-0.2, 0) is 0 Å². The molecule has 1 aromatic heterocycles. The van der Waals surface area contributed by atoms with Crippen molar-refractivity contribution in [2.24, 2.45) is 0 Å². The molecule has 86 valence electrons. The van der Waals surface area contributed by atoms with E-state index in [2.05, 4.69) is 9.97 Å². The van der Waals surface area contributed by atoms with Crippen LogP contribution in [0.15, 0.2) is 24.3 Å². The van der Waals surface area contributed by atoms with Crippen LogP contribution in [0.1, 0.15) is 5.69 Å². The summed E-state index contributed by atoms with van der Waals surface area (Å²) < 4.78 is 0. The molecular weight excluding hydrogens is 216 g/mol. The first kappa shape index (κ1) is 11.3. The summed E-state index contributed by atoms with van der Waals surface area (Å²) in [5.74, 6) is 0.500. The zero-order valence-electron chi connectivity index (χ0n) is 9.46. The van der Waals surface area contributed by atoms with Gasteiger partial charge in [0, 0.05) is 13.6 Å².